The molecule has 0 radical (unpaired) electrons. The first-order chi connectivity index (χ1) is 7.62. The van der Waals surface area contributed by atoms with E-state index in [2.05, 4.69) is 17.5 Å². The number of carbonyl (C=O) groups excluding carboxylic acids is 1. The minimum Gasteiger partial charge on any atom is -0.481 e. The second kappa shape index (κ2) is 4.28. The van der Waals surface area contributed by atoms with Crippen LogP contribution in [-0.4, -0.2) is 23.5 Å². The van der Waals surface area contributed by atoms with E-state index in [0.29, 0.717) is 25.2 Å². The van der Waals surface area contributed by atoms with Gasteiger partial charge in [-0.05, 0) is 31.6 Å². The van der Waals surface area contributed by atoms with Gasteiger partial charge in [0.05, 0.1) is 5.41 Å². The van der Waals surface area contributed by atoms with Crippen LogP contribution in [-0.2, 0) is 9.59 Å². The quantitative estimate of drug-likeness (QED) is 0.691. The number of aliphatic carboxylic acids is 1. The molecular weight excluding hydrogens is 206 g/mol. The lowest BCUT2D eigenvalue weighted by Crippen LogP contribution is -2.34. The summed E-state index contributed by atoms with van der Waals surface area (Å²) in [4.78, 5) is 22.4. The lowest BCUT2D eigenvalue weighted by atomic mass is 10.0. The van der Waals surface area contributed by atoms with Crippen molar-refractivity contribution in [3.63, 3.8) is 0 Å². The Morgan fingerprint density at radius 2 is 2.19 bits per heavy atom. The molecule has 1 amide bonds. The van der Waals surface area contributed by atoms with Crippen molar-refractivity contribution in [2.45, 2.75) is 32.1 Å². The molecule has 2 aliphatic rings. The van der Waals surface area contributed by atoms with Crippen molar-refractivity contribution in [1.29, 1.82) is 0 Å². The van der Waals surface area contributed by atoms with Crippen LogP contribution >= 0.6 is 0 Å². The highest BCUT2D eigenvalue weighted by Crippen LogP contribution is 2.45. The van der Waals surface area contributed by atoms with Crippen LogP contribution in [0.25, 0.3) is 0 Å². The highest BCUT2D eigenvalue weighted by molar-refractivity contribution is 5.81. The Kier molecular flexibility index (Phi) is 2.99. The van der Waals surface area contributed by atoms with Crippen LogP contribution in [0.15, 0.2) is 12.2 Å². The van der Waals surface area contributed by atoms with Gasteiger partial charge in [-0.3, -0.25) is 9.59 Å². The van der Waals surface area contributed by atoms with Gasteiger partial charge in [-0.1, -0.05) is 12.2 Å². The molecule has 88 valence electrons. The number of hydrogen-bond acceptors (Lipinski definition) is 2. The third kappa shape index (κ3) is 2.43. The number of allylic oxidation sites excluding steroid dienone is 2. The third-order valence-corrected chi connectivity index (χ3v) is 3.49. The average Bonchev–Trinajstić information content (AvgIpc) is 2.88. The normalized spacial score (nSPS) is 25.4. The zero-order valence-electron chi connectivity index (χ0n) is 9.24. The first-order valence-corrected chi connectivity index (χ1v) is 5.79. The predicted molar refractivity (Wildman–Crippen MR) is 58.8 cm³/mol. The topological polar surface area (TPSA) is 66.4 Å². The number of carboxylic acids is 1. The molecule has 1 saturated carbocycles. The van der Waals surface area contributed by atoms with Crippen LogP contribution in [0.2, 0.25) is 0 Å². The lowest BCUT2D eigenvalue weighted by Gasteiger charge is -2.12. The third-order valence-electron chi connectivity index (χ3n) is 3.49. The molecule has 2 rings (SSSR count). The van der Waals surface area contributed by atoms with Gasteiger partial charge in [0, 0.05) is 13.0 Å². The first kappa shape index (κ1) is 11.2. The summed E-state index contributed by atoms with van der Waals surface area (Å²) in [6.45, 7) is 0.289. The Balaban J connectivity index is 1.71. The summed E-state index contributed by atoms with van der Waals surface area (Å²) >= 11 is 0. The van der Waals surface area contributed by atoms with Gasteiger partial charge in [0.1, 0.15) is 0 Å². The maximum Gasteiger partial charge on any atom is 0.311 e. The monoisotopic (exact) mass is 223 g/mol. The second-order valence-electron chi connectivity index (χ2n) is 4.83. The molecule has 0 aliphatic heterocycles. The van der Waals surface area contributed by atoms with Crippen molar-refractivity contribution in [2.75, 3.05) is 6.54 Å². The number of rotatable bonds is 5. The molecule has 0 bridgehead atoms. The summed E-state index contributed by atoms with van der Waals surface area (Å²) < 4.78 is 0. The van der Waals surface area contributed by atoms with E-state index >= 15 is 0 Å². The fraction of sp³-hybridized carbons (Fsp3) is 0.667. The van der Waals surface area contributed by atoms with Gasteiger partial charge in [-0.25, -0.2) is 0 Å². The number of nitrogens with one attached hydrogen (secondary N) is 1. The molecule has 1 fully saturated rings. The SMILES string of the molecule is O=C(CC1C=CCC1)NCC1(C(=O)O)CC1. The van der Waals surface area contributed by atoms with Crippen LogP contribution < -0.4 is 5.32 Å². The van der Waals surface area contributed by atoms with Gasteiger partial charge >= 0.3 is 5.97 Å². The Labute approximate surface area is 94.7 Å². The smallest absolute Gasteiger partial charge is 0.311 e. The molecule has 0 saturated heterocycles. The van der Waals surface area contributed by atoms with E-state index < -0.39 is 11.4 Å². The fourth-order valence-electron chi connectivity index (χ4n) is 2.06. The van der Waals surface area contributed by atoms with Crippen molar-refractivity contribution in [1.82, 2.24) is 5.32 Å². The first-order valence-electron chi connectivity index (χ1n) is 5.79. The Bertz CT molecular complexity index is 331. The Hall–Kier alpha value is -1.32. The van der Waals surface area contributed by atoms with Crippen molar-refractivity contribution in [2.24, 2.45) is 11.3 Å². The number of carbonyl (C=O) groups is 2. The van der Waals surface area contributed by atoms with E-state index in [-0.39, 0.29) is 12.5 Å². The largest absolute Gasteiger partial charge is 0.481 e. The molecule has 0 aromatic rings. The predicted octanol–water partition coefficient (Wildman–Crippen LogP) is 1.32. The molecule has 0 aromatic carbocycles. The molecule has 2 aliphatic carbocycles. The molecule has 1 unspecified atom stereocenters. The molecule has 2 N–H and O–H groups in total. The van der Waals surface area contributed by atoms with Crippen molar-refractivity contribution in [3.05, 3.63) is 12.2 Å². The molecule has 4 heteroatoms. The Morgan fingerprint density at radius 1 is 1.44 bits per heavy atom. The summed E-state index contributed by atoms with van der Waals surface area (Å²) in [5, 5.41) is 11.7. The molecule has 16 heavy (non-hydrogen) atoms. The average molecular weight is 223 g/mol. The summed E-state index contributed by atoms with van der Waals surface area (Å²) in [7, 11) is 0. The number of carboxylic acid groups (broad SMARTS) is 1. The van der Waals surface area contributed by atoms with Gasteiger partial charge in [0.2, 0.25) is 5.91 Å². The van der Waals surface area contributed by atoms with Gasteiger partial charge in [-0.15, -0.1) is 0 Å². The van der Waals surface area contributed by atoms with E-state index in [1.54, 1.807) is 0 Å². The van der Waals surface area contributed by atoms with Gasteiger partial charge in [0.25, 0.3) is 0 Å². The minimum absolute atomic E-state index is 0.0240. The van der Waals surface area contributed by atoms with Crippen LogP contribution in [0.4, 0.5) is 0 Å². The van der Waals surface area contributed by atoms with Crippen LogP contribution in [0.5, 0.6) is 0 Å². The Morgan fingerprint density at radius 3 is 2.69 bits per heavy atom. The van der Waals surface area contributed by atoms with E-state index in [9.17, 15) is 9.59 Å². The molecule has 0 aromatic heterocycles. The van der Waals surface area contributed by atoms with Gasteiger partial charge < -0.3 is 10.4 Å². The van der Waals surface area contributed by atoms with Crippen molar-refractivity contribution in [3.8, 4) is 0 Å². The zero-order chi connectivity index (χ0) is 11.6. The number of amides is 1. The van der Waals surface area contributed by atoms with E-state index in [0.717, 1.165) is 12.8 Å². The standard InChI is InChI=1S/C12H17NO3/c14-10(7-9-3-1-2-4-9)13-8-12(5-6-12)11(15)16/h1,3,9H,2,4-8H2,(H,13,14)(H,15,16). The van der Waals surface area contributed by atoms with Crippen LogP contribution in [0, 0.1) is 11.3 Å². The van der Waals surface area contributed by atoms with Crippen molar-refractivity contribution < 1.29 is 14.7 Å². The van der Waals surface area contributed by atoms with E-state index in [4.69, 9.17) is 5.11 Å². The lowest BCUT2D eigenvalue weighted by molar-refractivity contribution is -0.143. The van der Waals surface area contributed by atoms with Crippen LogP contribution in [0.3, 0.4) is 0 Å². The van der Waals surface area contributed by atoms with Crippen LogP contribution in [0.1, 0.15) is 32.1 Å². The van der Waals surface area contributed by atoms with E-state index in [1.807, 2.05) is 0 Å². The summed E-state index contributed by atoms with van der Waals surface area (Å²) in [6.07, 6.45) is 8.12. The molecular formula is C12H17NO3. The molecule has 0 spiro atoms. The highest BCUT2D eigenvalue weighted by atomic mass is 16.4. The molecule has 1 atom stereocenters. The zero-order valence-corrected chi connectivity index (χ0v) is 9.24. The second-order valence-corrected chi connectivity index (χ2v) is 4.83. The van der Waals surface area contributed by atoms with Crippen molar-refractivity contribution >= 4 is 11.9 Å². The van der Waals surface area contributed by atoms with Gasteiger partial charge in [-0.2, -0.15) is 0 Å². The maximum atomic E-state index is 11.6. The number of hydrogen-bond donors (Lipinski definition) is 2. The minimum atomic E-state index is -0.784. The summed E-state index contributed by atoms with van der Waals surface area (Å²) in [5.74, 6) is -0.461. The summed E-state index contributed by atoms with van der Waals surface area (Å²) in [5.41, 5.74) is -0.652. The molecule has 0 heterocycles. The van der Waals surface area contributed by atoms with Gasteiger partial charge in [0.15, 0.2) is 0 Å². The highest BCUT2D eigenvalue weighted by Gasteiger charge is 2.50. The summed E-state index contributed by atoms with van der Waals surface area (Å²) in [6, 6.07) is 0. The maximum absolute atomic E-state index is 11.6. The van der Waals surface area contributed by atoms with E-state index in [1.165, 1.54) is 0 Å². The fourth-order valence-corrected chi connectivity index (χ4v) is 2.06. The molecule has 4 nitrogen and oxygen atoms in total.